The molecule has 0 fully saturated rings. The Morgan fingerprint density at radius 2 is 1.90 bits per heavy atom. The van der Waals surface area contributed by atoms with Gasteiger partial charge >= 0.3 is 5.97 Å². The number of carboxylic acids is 1. The van der Waals surface area contributed by atoms with Gasteiger partial charge in [-0.25, -0.2) is 4.79 Å². The second-order valence-electron chi connectivity index (χ2n) is 4.82. The van der Waals surface area contributed by atoms with Gasteiger partial charge in [-0.1, -0.05) is 36.4 Å². The summed E-state index contributed by atoms with van der Waals surface area (Å²) in [6.45, 7) is 0.623. The van der Waals surface area contributed by atoms with E-state index in [0.717, 1.165) is 11.1 Å². The summed E-state index contributed by atoms with van der Waals surface area (Å²) in [4.78, 5) is 11.5. The predicted molar refractivity (Wildman–Crippen MR) is 81.0 cm³/mol. The average molecular weight is 281 g/mol. The Morgan fingerprint density at radius 3 is 2.57 bits per heavy atom. The first-order valence-electron chi connectivity index (χ1n) is 6.64. The van der Waals surface area contributed by atoms with Crippen molar-refractivity contribution in [3.05, 3.63) is 65.9 Å². The number of hydrogen-bond acceptors (Lipinski definition) is 2. The zero-order chi connectivity index (χ0) is 14.8. The van der Waals surface area contributed by atoms with Crippen LogP contribution in [0.15, 0.2) is 54.7 Å². The van der Waals surface area contributed by atoms with E-state index in [1.807, 2.05) is 47.0 Å². The van der Waals surface area contributed by atoms with E-state index in [0.29, 0.717) is 17.7 Å². The summed E-state index contributed by atoms with van der Waals surface area (Å²) in [6, 6.07) is 15.5. The minimum Gasteiger partial charge on any atom is -0.496 e. The van der Waals surface area contributed by atoms with E-state index in [-0.39, 0.29) is 5.56 Å². The van der Waals surface area contributed by atoms with E-state index in [1.165, 1.54) is 0 Å². The van der Waals surface area contributed by atoms with Gasteiger partial charge in [0.2, 0.25) is 0 Å². The fraction of sp³-hybridized carbons (Fsp3) is 0.118. The lowest BCUT2D eigenvalue weighted by molar-refractivity contribution is 0.0698. The van der Waals surface area contributed by atoms with Crippen LogP contribution in [-0.2, 0) is 6.54 Å². The highest BCUT2D eigenvalue weighted by atomic mass is 16.5. The first-order chi connectivity index (χ1) is 10.2. The molecule has 4 nitrogen and oxygen atoms in total. The van der Waals surface area contributed by atoms with Crippen LogP contribution in [0.5, 0.6) is 5.75 Å². The first-order valence-corrected chi connectivity index (χ1v) is 6.64. The fourth-order valence-corrected chi connectivity index (χ4v) is 2.56. The summed E-state index contributed by atoms with van der Waals surface area (Å²) in [5.41, 5.74) is 2.24. The number of rotatable bonds is 4. The molecule has 0 amide bonds. The molecule has 0 bridgehead atoms. The molecule has 1 N–H and O–H groups in total. The highest BCUT2D eigenvalue weighted by Gasteiger charge is 2.17. The van der Waals surface area contributed by atoms with Gasteiger partial charge in [-0.3, -0.25) is 0 Å². The van der Waals surface area contributed by atoms with E-state index < -0.39 is 5.97 Å². The lowest BCUT2D eigenvalue weighted by Crippen LogP contribution is -1.98. The van der Waals surface area contributed by atoms with Crippen LogP contribution in [0.4, 0.5) is 0 Å². The molecule has 0 saturated heterocycles. The number of hydrogen-bond donors (Lipinski definition) is 1. The van der Waals surface area contributed by atoms with Crippen molar-refractivity contribution < 1.29 is 14.6 Å². The second kappa shape index (κ2) is 5.32. The van der Waals surface area contributed by atoms with E-state index in [2.05, 4.69) is 0 Å². The molecule has 1 aromatic heterocycles. The van der Waals surface area contributed by atoms with Crippen molar-refractivity contribution in [1.82, 2.24) is 4.57 Å². The molecule has 0 aliphatic carbocycles. The minimum atomic E-state index is -0.948. The molecule has 4 heteroatoms. The third-order valence-corrected chi connectivity index (χ3v) is 3.51. The largest absolute Gasteiger partial charge is 0.496 e. The molecule has 106 valence electrons. The van der Waals surface area contributed by atoms with Crippen molar-refractivity contribution >= 4 is 16.9 Å². The van der Waals surface area contributed by atoms with Crippen LogP contribution in [0.25, 0.3) is 10.9 Å². The van der Waals surface area contributed by atoms with E-state index >= 15 is 0 Å². The van der Waals surface area contributed by atoms with Gasteiger partial charge in [0, 0.05) is 12.7 Å². The number of carbonyl (C=O) groups is 1. The molecule has 3 rings (SSSR count). The topological polar surface area (TPSA) is 51.5 Å². The number of aromatic nitrogens is 1. The van der Waals surface area contributed by atoms with Gasteiger partial charge in [0.15, 0.2) is 0 Å². The fourth-order valence-electron chi connectivity index (χ4n) is 2.56. The van der Waals surface area contributed by atoms with Gasteiger partial charge in [0.25, 0.3) is 0 Å². The maximum atomic E-state index is 11.5. The number of methoxy groups -OCH3 is 1. The predicted octanol–water partition coefficient (Wildman–Crippen LogP) is 3.40. The van der Waals surface area contributed by atoms with Crippen LogP contribution in [0, 0.1) is 0 Å². The highest BCUT2D eigenvalue weighted by molar-refractivity contribution is 6.06. The number of carboxylic acid groups (broad SMARTS) is 1. The SMILES string of the molecule is COc1cccc2c1c(C(=O)O)cn2Cc1ccccc1. The van der Waals surface area contributed by atoms with Crippen LogP contribution >= 0.6 is 0 Å². The Kier molecular flexibility index (Phi) is 3.36. The van der Waals surface area contributed by atoms with E-state index in [9.17, 15) is 9.90 Å². The molecule has 0 saturated carbocycles. The number of ether oxygens (including phenoxy) is 1. The third-order valence-electron chi connectivity index (χ3n) is 3.51. The van der Waals surface area contributed by atoms with Crippen molar-refractivity contribution in [2.45, 2.75) is 6.54 Å². The lowest BCUT2D eigenvalue weighted by atomic mass is 10.1. The Bertz CT molecular complexity index is 790. The average Bonchev–Trinajstić information content (AvgIpc) is 2.87. The summed E-state index contributed by atoms with van der Waals surface area (Å²) in [6.07, 6.45) is 1.67. The van der Waals surface area contributed by atoms with Gasteiger partial charge in [0.1, 0.15) is 5.75 Å². The lowest BCUT2D eigenvalue weighted by Gasteiger charge is -2.06. The van der Waals surface area contributed by atoms with Crippen molar-refractivity contribution in [2.24, 2.45) is 0 Å². The maximum absolute atomic E-state index is 11.5. The monoisotopic (exact) mass is 281 g/mol. The summed E-state index contributed by atoms with van der Waals surface area (Å²) in [7, 11) is 1.55. The van der Waals surface area contributed by atoms with Crippen LogP contribution in [0.1, 0.15) is 15.9 Å². The van der Waals surface area contributed by atoms with Gasteiger partial charge in [-0.15, -0.1) is 0 Å². The van der Waals surface area contributed by atoms with Crippen LogP contribution in [-0.4, -0.2) is 22.8 Å². The molecule has 0 aliphatic heterocycles. The zero-order valence-corrected chi connectivity index (χ0v) is 11.6. The Hall–Kier alpha value is -2.75. The van der Waals surface area contributed by atoms with Crippen LogP contribution in [0.3, 0.4) is 0 Å². The van der Waals surface area contributed by atoms with Crippen molar-refractivity contribution in [2.75, 3.05) is 7.11 Å². The number of fused-ring (bicyclic) bond motifs is 1. The van der Waals surface area contributed by atoms with Crippen LogP contribution in [0.2, 0.25) is 0 Å². The molecule has 1 heterocycles. The molecule has 0 atom stereocenters. The summed E-state index contributed by atoms with van der Waals surface area (Å²) < 4.78 is 7.25. The normalized spacial score (nSPS) is 10.7. The Balaban J connectivity index is 2.18. The number of benzene rings is 2. The second-order valence-corrected chi connectivity index (χ2v) is 4.82. The zero-order valence-electron chi connectivity index (χ0n) is 11.6. The minimum absolute atomic E-state index is 0.262. The highest BCUT2D eigenvalue weighted by Crippen LogP contribution is 2.31. The molecule has 0 aliphatic rings. The third kappa shape index (κ3) is 2.36. The van der Waals surface area contributed by atoms with E-state index in [4.69, 9.17) is 4.74 Å². The number of nitrogens with zero attached hydrogens (tertiary/aromatic N) is 1. The quantitative estimate of drug-likeness (QED) is 0.797. The molecule has 0 unspecified atom stereocenters. The van der Waals surface area contributed by atoms with Gasteiger partial charge in [0.05, 0.1) is 23.6 Å². The van der Waals surface area contributed by atoms with Gasteiger partial charge in [-0.05, 0) is 17.7 Å². The van der Waals surface area contributed by atoms with Gasteiger partial charge in [-0.2, -0.15) is 0 Å². The first kappa shape index (κ1) is 13.2. The molecule has 21 heavy (non-hydrogen) atoms. The molecular weight excluding hydrogens is 266 g/mol. The summed E-state index contributed by atoms with van der Waals surface area (Å²) in [5.74, 6) is -0.368. The Morgan fingerprint density at radius 1 is 1.14 bits per heavy atom. The number of aromatic carboxylic acids is 1. The smallest absolute Gasteiger partial charge is 0.338 e. The van der Waals surface area contributed by atoms with Crippen molar-refractivity contribution in [1.29, 1.82) is 0 Å². The summed E-state index contributed by atoms with van der Waals surface area (Å²) in [5, 5.41) is 10.1. The summed E-state index contributed by atoms with van der Waals surface area (Å²) >= 11 is 0. The molecule has 2 aromatic carbocycles. The standard InChI is InChI=1S/C17H15NO3/c1-21-15-9-5-8-14-16(15)13(17(19)20)11-18(14)10-12-6-3-2-4-7-12/h2-9,11H,10H2,1H3,(H,19,20). The molecule has 3 aromatic rings. The maximum Gasteiger partial charge on any atom is 0.338 e. The van der Waals surface area contributed by atoms with Crippen molar-refractivity contribution in [3.8, 4) is 5.75 Å². The molecule has 0 spiro atoms. The van der Waals surface area contributed by atoms with Crippen LogP contribution < -0.4 is 4.74 Å². The van der Waals surface area contributed by atoms with E-state index in [1.54, 1.807) is 19.4 Å². The van der Waals surface area contributed by atoms with Gasteiger partial charge < -0.3 is 14.4 Å². The Labute approximate surface area is 122 Å². The molecule has 0 radical (unpaired) electrons. The van der Waals surface area contributed by atoms with Crippen molar-refractivity contribution in [3.63, 3.8) is 0 Å². The molecular formula is C17H15NO3.